The van der Waals surface area contributed by atoms with Gasteiger partial charge in [0, 0.05) is 16.8 Å². The van der Waals surface area contributed by atoms with Gasteiger partial charge in [-0.2, -0.15) is 6.08 Å². The van der Waals surface area contributed by atoms with Gasteiger partial charge in [0.25, 0.3) is 0 Å². The zero-order valence-electron chi connectivity index (χ0n) is 4.35. The van der Waals surface area contributed by atoms with Crippen molar-refractivity contribution in [2.75, 3.05) is 0 Å². The van der Waals surface area contributed by atoms with Gasteiger partial charge < -0.3 is 0 Å². The molecule has 0 saturated heterocycles. The van der Waals surface area contributed by atoms with Crippen LogP contribution in [0.1, 0.15) is 13.3 Å². The first-order valence-corrected chi connectivity index (χ1v) is 2.12. The monoisotopic (exact) mass is 140 g/mol. The molecule has 0 aliphatic carbocycles. The van der Waals surface area contributed by atoms with E-state index in [1.807, 2.05) is 12.2 Å². The summed E-state index contributed by atoms with van der Waals surface area (Å²) in [6.45, 7) is 7.07. The fourth-order valence-corrected chi connectivity index (χ4v) is 0.215. The van der Waals surface area contributed by atoms with Crippen LogP contribution in [0.4, 0.5) is 0 Å². The van der Waals surface area contributed by atoms with Crippen molar-refractivity contribution in [2.24, 2.45) is 0 Å². The summed E-state index contributed by atoms with van der Waals surface area (Å²) in [7, 11) is 0. The molecular weight excluding hydrogens is 131 g/mol. The van der Waals surface area contributed by atoms with Gasteiger partial charge in [0.2, 0.25) is 0 Å². The maximum absolute atomic E-state index is 5.00. The standard InChI is InChI=1S/C6H9.Co/c1-3-5-6-4-2;/h1,3,5-6H,4H2,2H3;/q-1;/b6-5+;. The van der Waals surface area contributed by atoms with E-state index in [-0.39, 0.29) is 16.8 Å². The Morgan fingerprint density at radius 3 is 2.29 bits per heavy atom. The predicted octanol–water partition coefficient (Wildman–Crippen LogP) is 1.94. The van der Waals surface area contributed by atoms with Crippen molar-refractivity contribution in [3.8, 4) is 0 Å². The second-order valence-electron chi connectivity index (χ2n) is 1.03. The third-order valence-electron chi connectivity index (χ3n) is 0.483. The Kier molecular flexibility index (Phi) is 13.5. The van der Waals surface area contributed by atoms with Crippen LogP contribution in [0.2, 0.25) is 0 Å². The summed E-state index contributed by atoms with van der Waals surface area (Å²) in [4.78, 5) is 0. The van der Waals surface area contributed by atoms with Crippen LogP contribution >= 0.6 is 0 Å². The Morgan fingerprint density at radius 1 is 1.57 bits per heavy atom. The van der Waals surface area contributed by atoms with Crippen molar-refractivity contribution >= 4 is 0 Å². The van der Waals surface area contributed by atoms with E-state index < -0.39 is 0 Å². The number of allylic oxidation sites excluding steroid dienone is 3. The average Bonchev–Trinajstić information content (AvgIpc) is 1.61. The number of rotatable bonds is 2. The minimum absolute atomic E-state index is 0. The van der Waals surface area contributed by atoms with E-state index in [9.17, 15) is 0 Å². The Morgan fingerprint density at radius 2 is 2.14 bits per heavy atom. The van der Waals surface area contributed by atoms with Crippen LogP contribution in [-0.2, 0) is 16.8 Å². The third kappa shape index (κ3) is 10.7. The van der Waals surface area contributed by atoms with E-state index in [0.29, 0.717) is 0 Å². The van der Waals surface area contributed by atoms with Crippen LogP contribution in [0.3, 0.4) is 0 Å². The predicted molar refractivity (Wildman–Crippen MR) is 28.3 cm³/mol. The summed E-state index contributed by atoms with van der Waals surface area (Å²) in [6, 6.07) is 0. The molecule has 0 aromatic rings. The first kappa shape index (κ1) is 10.1. The molecule has 0 spiro atoms. The Bertz CT molecular complexity index is 55.2. The molecule has 0 fully saturated rings. The normalized spacial score (nSPS) is 8.14. The van der Waals surface area contributed by atoms with Gasteiger partial charge in [-0.25, -0.2) is 12.2 Å². The van der Waals surface area contributed by atoms with Gasteiger partial charge in [0.05, 0.1) is 0 Å². The largest absolute Gasteiger partial charge is 0.293 e. The van der Waals surface area contributed by atoms with E-state index in [1.165, 1.54) is 6.08 Å². The van der Waals surface area contributed by atoms with Crippen molar-refractivity contribution < 1.29 is 16.8 Å². The summed E-state index contributed by atoms with van der Waals surface area (Å²) in [6.07, 6.45) is 6.43. The quantitative estimate of drug-likeness (QED) is 0.406. The molecule has 0 N–H and O–H groups in total. The first-order chi connectivity index (χ1) is 2.91. The molecule has 1 heteroatoms. The Hall–Kier alpha value is -0.0135. The summed E-state index contributed by atoms with van der Waals surface area (Å²) >= 11 is 0. The molecule has 0 aromatic carbocycles. The van der Waals surface area contributed by atoms with Crippen LogP contribution in [0.15, 0.2) is 18.2 Å². The van der Waals surface area contributed by atoms with Crippen LogP contribution in [0.25, 0.3) is 0 Å². The van der Waals surface area contributed by atoms with Gasteiger partial charge in [-0.15, -0.1) is 0 Å². The summed E-state index contributed by atoms with van der Waals surface area (Å²) in [5.41, 5.74) is 0. The smallest absolute Gasteiger partial charge is 0 e. The van der Waals surface area contributed by atoms with Gasteiger partial charge in [-0.1, -0.05) is 13.3 Å². The van der Waals surface area contributed by atoms with Gasteiger partial charge in [0.15, 0.2) is 0 Å². The molecule has 0 unspecified atom stereocenters. The molecule has 0 heterocycles. The molecule has 0 saturated carbocycles. The molecule has 0 nitrogen and oxygen atoms in total. The Labute approximate surface area is 55.5 Å². The second-order valence-corrected chi connectivity index (χ2v) is 1.03. The zero-order valence-corrected chi connectivity index (χ0v) is 5.39. The van der Waals surface area contributed by atoms with Crippen LogP contribution in [0, 0.1) is 6.58 Å². The molecule has 0 aliphatic rings. The number of hydrogen-bond acceptors (Lipinski definition) is 0. The fourth-order valence-electron chi connectivity index (χ4n) is 0.215. The van der Waals surface area contributed by atoms with Gasteiger partial charge in [-0.3, -0.25) is 6.58 Å². The van der Waals surface area contributed by atoms with E-state index >= 15 is 0 Å². The van der Waals surface area contributed by atoms with Gasteiger partial charge in [0.1, 0.15) is 0 Å². The van der Waals surface area contributed by atoms with E-state index in [0.717, 1.165) is 6.42 Å². The molecule has 0 aromatic heterocycles. The molecule has 0 rings (SSSR count). The molecular formula is C6H9Co-. The summed E-state index contributed by atoms with van der Waals surface area (Å²) in [5.74, 6) is 0. The summed E-state index contributed by atoms with van der Waals surface area (Å²) in [5, 5.41) is 0. The van der Waals surface area contributed by atoms with E-state index in [4.69, 9.17) is 6.58 Å². The van der Waals surface area contributed by atoms with Gasteiger partial charge >= 0.3 is 0 Å². The minimum Gasteiger partial charge on any atom is -0.293 e. The van der Waals surface area contributed by atoms with Crippen molar-refractivity contribution in [3.63, 3.8) is 0 Å². The van der Waals surface area contributed by atoms with E-state index in [2.05, 4.69) is 6.92 Å². The average molecular weight is 140 g/mol. The minimum atomic E-state index is 0. The fraction of sp³-hybridized carbons (Fsp3) is 0.333. The molecule has 43 valence electrons. The number of hydrogen-bond donors (Lipinski definition) is 0. The topological polar surface area (TPSA) is 0 Å². The third-order valence-corrected chi connectivity index (χ3v) is 0.483. The van der Waals surface area contributed by atoms with Crippen LogP contribution in [0.5, 0.6) is 0 Å². The molecule has 0 aliphatic heterocycles. The SMILES string of the molecule is [CH-]=C/C=C/CC.[Co]. The van der Waals surface area contributed by atoms with Crippen LogP contribution < -0.4 is 0 Å². The van der Waals surface area contributed by atoms with Crippen LogP contribution in [-0.4, -0.2) is 0 Å². The molecule has 1 radical (unpaired) electrons. The molecule has 0 atom stereocenters. The maximum atomic E-state index is 5.00. The van der Waals surface area contributed by atoms with E-state index in [1.54, 1.807) is 0 Å². The first-order valence-electron chi connectivity index (χ1n) is 2.12. The molecule has 0 amide bonds. The summed E-state index contributed by atoms with van der Waals surface area (Å²) < 4.78 is 0. The van der Waals surface area contributed by atoms with Crippen molar-refractivity contribution in [3.05, 3.63) is 24.8 Å². The van der Waals surface area contributed by atoms with Crippen molar-refractivity contribution in [1.29, 1.82) is 0 Å². The molecule has 7 heavy (non-hydrogen) atoms. The Balaban J connectivity index is 0. The van der Waals surface area contributed by atoms with Crippen molar-refractivity contribution in [2.45, 2.75) is 13.3 Å². The zero-order chi connectivity index (χ0) is 4.83. The van der Waals surface area contributed by atoms with Gasteiger partial charge in [-0.05, 0) is 0 Å². The second kappa shape index (κ2) is 9.37. The maximum Gasteiger partial charge on any atom is 0 e. The molecule has 0 bridgehead atoms. The van der Waals surface area contributed by atoms with Crippen molar-refractivity contribution in [1.82, 2.24) is 0 Å².